The van der Waals surface area contributed by atoms with Crippen molar-refractivity contribution in [2.24, 2.45) is 5.41 Å². The number of carbonyl (C=O) groups is 2. The third-order valence-electron chi connectivity index (χ3n) is 4.80. The Kier molecular flexibility index (Phi) is 4.08. The topological polar surface area (TPSA) is 95.9 Å². The number of aromatic carboxylic acids is 1. The number of carbonyl (C=O) groups excluding carboxylic acids is 1. The summed E-state index contributed by atoms with van der Waals surface area (Å²) in [5.74, 6) is -1.46. The number of benzene rings is 1. The monoisotopic (exact) mass is 339 g/mol. The largest absolute Gasteiger partial charge is 0.478 e. The summed E-state index contributed by atoms with van der Waals surface area (Å²) < 4.78 is 5.79. The van der Waals surface area contributed by atoms with Crippen LogP contribution in [0.15, 0.2) is 18.2 Å². The third kappa shape index (κ3) is 2.94. The zero-order chi connectivity index (χ0) is 16.7. The van der Waals surface area contributed by atoms with Gasteiger partial charge >= 0.3 is 5.97 Å². The molecule has 7 heteroatoms. The van der Waals surface area contributed by atoms with Gasteiger partial charge in [0.2, 0.25) is 0 Å². The number of aliphatic hydroxyl groups excluding tert-OH is 1. The summed E-state index contributed by atoms with van der Waals surface area (Å²) in [4.78, 5) is 23.1. The van der Waals surface area contributed by atoms with Crippen LogP contribution in [0.5, 0.6) is 0 Å². The van der Waals surface area contributed by atoms with Gasteiger partial charge in [-0.3, -0.25) is 4.79 Å². The van der Waals surface area contributed by atoms with Crippen molar-refractivity contribution < 1.29 is 24.5 Å². The molecule has 0 aromatic heterocycles. The first-order chi connectivity index (χ1) is 10.9. The fourth-order valence-corrected chi connectivity index (χ4v) is 3.88. The van der Waals surface area contributed by atoms with E-state index < -0.39 is 11.6 Å². The van der Waals surface area contributed by atoms with Gasteiger partial charge in [0.25, 0.3) is 5.91 Å². The number of hydrogen-bond acceptors (Lipinski definition) is 4. The van der Waals surface area contributed by atoms with Crippen LogP contribution in [0.3, 0.4) is 0 Å². The molecule has 0 spiro atoms. The van der Waals surface area contributed by atoms with Crippen molar-refractivity contribution in [1.29, 1.82) is 0 Å². The molecule has 4 rings (SSSR count). The Labute approximate surface area is 138 Å². The normalized spacial score (nSPS) is 28.8. The molecular weight excluding hydrogens is 322 g/mol. The summed E-state index contributed by atoms with van der Waals surface area (Å²) >= 11 is 5.99. The summed E-state index contributed by atoms with van der Waals surface area (Å²) in [5.41, 5.74) is -0.183. The zero-order valence-electron chi connectivity index (χ0n) is 12.5. The second-order valence-corrected chi connectivity index (χ2v) is 6.88. The first-order valence-corrected chi connectivity index (χ1v) is 7.82. The molecule has 6 nitrogen and oxygen atoms in total. The van der Waals surface area contributed by atoms with E-state index in [0.717, 1.165) is 19.3 Å². The number of carboxylic acid groups (broad SMARTS) is 1. The lowest BCUT2D eigenvalue weighted by Crippen LogP contribution is -2.64. The van der Waals surface area contributed by atoms with Crippen LogP contribution < -0.4 is 5.32 Å². The van der Waals surface area contributed by atoms with E-state index in [9.17, 15) is 14.7 Å². The van der Waals surface area contributed by atoms with Crippen molar-refractivity contribution in [2.45, 2.75) is 24.9 Å². The molecule has 2 saturated heterocycles. The highest BCUT2D eigenvalue weighted by molar-refractivity contribution is 6.34. The molecule has 23 heavy (non-hydrogen) atoms. The SMILES string of the molecule is O=C(O)c1ccc(C(=O)NCC23CC(CO)(CCO2)C3)c(Cl)c1. The van der Waals surface area contributed by atoms with E-state index in [4.69, 9.17) is 21.4 Å². The molecule has 2 heterocycles. The van der Waals surface area contributed by atoms with Crippen LogP contribution in [0.1, 0.15) is 40.0 Å². The Bertz CT molecular complexity index is 654. The van der Waals surface area contributed by atoms with Gasteiger partial charge in [0.05, 0.1) is 21.8 Å². The second-order valence-electron chi connectivity index (χ2n) is 6.48. The minimum Gasteiger partial charge on any atom is -0.478 e. The van der Waals surface area contributed by atoms with Gasteiger partial charge in [-0.15, -0.1) is 0 Å². The number of fused-ring (bicyclic) bond motifs is 2. The molecule has 1 saturated carbocycles. The number of carboxylic acids is 1. The van der Waals surface area contributed by atoms with Gasteiger partial charge in [-0.25, -0.2) is 4.79 Å². The molecule has 1 aromatic carbocycles. The summed E-state index contributed by atoms with van der Waals surface area (Å²) in [7, 11) is 0. The van der Waals surface area contributed by atoms with Crippen molar-refractivity contribution in [3.8, 4) is 0 Å². The second kappa shape index (κ2) is 5.78. The van der Waals surface area contributed by atoms with E-state index in [0.29, 0.717) is 13.2 Å². The Hall–Kier alpha value is -1.63. The van der Waals surface area contributed by atoms with Crippen molar-refractivity contribution in [2.75, 3.05) is 19.8 Å². The van der Waals surface area contributed by atoms with Crippen molar-refractivity contribution in [3.05, 3.63) is 34.3 Å². The lowest BCUT2D eigenvalue weighted by molar-refractivity contribution is -0.232. The maximum atomic E-state index is 12.3. The standard InChI is InChI=1S/C16H18ClNO5/c17-12-5-10(14(21)22)1-2-11(12)13(20)18-8-16-6-15(7-16,9-19)3-4-23-16/h1-2,5,19H,3-4,6-9H2,(H,18,20)(H,21,22). The first kappa shape index (κ1) is 16.2. The molecule has 3 fully saturated rings. The van der Waals surface area contributed by atoms with Gasteiger partial charge in [-0.1, -0.05) is 11.6 Å². The van der Waals surface area contributed by atoms with E-state index in [1.54, 1.807) is 0 Å². The molecule has 0 atom stereocenters. The van der Waals surface area contributed by atoms with E-state index in [1.165, 1.54) is 18.2 Å². The molecule has 2 aliphatic heterocycles. The average Bonchev–Trinajstić information content (AvgIpc) is 2.52. The van der Waals surface area contributed by atoms with Gasteiger partial charge < -0.3 is 20.3 Å². The Balaban J connectivity index is 1.63. The number of rotatable bonds is 5. The zero-order valence-corrected chi connectivity index (χ0v) is 13.2. The lowest BCUT2D eigenvalue weighted by atomic mass is 9.56. The predicted molar refractivity (Wildman–Crippen MR) is 82.8 cm³/mol. The van der Waals surface area contributed by atoms with Gasteiger partial charge in [-0.05, 0) is 37.5 Å². The van der Waals surface area contributed by atoms with Gasteiger partial charge in [0.15, 0.2) is 0 Å². The number of aliphatic hydroxyl groups is 1. The predicted octanol–water partition coefficient (Wildman–Crippen LogP) is 1.70. The van der Waals surface area contributed by atoms with Crippen molar-refractivity contribution >= 4 is 23.5 Å². The smallest absolute Gasteiger partial charge is 0.335 e. The van der Waals surface area contributed by atoms with Crippen LogP contribution in [-0.4, -0.2) is 47.4 Å². The highest BCUT2D eigenvalue weighted by Gasteiger charge is 2.58. The molecule has 3 N–H and O–H groups in total. The van der Waals surface area contributed by atoms with Crippen LogP contribution in [0.25, 0.3) is 0 Å². The van der Waals surface area contributed by atoms with Crippen LogP contribution in [0, 0.1) is 5.41 Å². The summed E-state index contributed by atoms with van der Waals surface area (Å²) in [6.07, 6.45) is 2.33. The molecule has 1 aromatic rings. The molecule has 1 amide bonds. The summed E-state index contributed by atoms with van der Waals surface area (Å²) in [6.45, 7) is 1.09. The Morgan fingerprint density at radius 3 is 2.70 bits per heavy atom. The average molecular weight is 340 g/mol. The number of amides is 1. The van der Waals surface area contributed by atoms with Crippen LogP contribution in [0.4, 0.5) is 0 Å². The van der Waals surface area contributed by atoms with Crippen LogP contribution >= 0.6 is 11.6 Å². The van der Waals surface area contributed by atoms with Crippen molar-refractivity contribution in [1.82, 2.24) is 5.32 Å². The van der Waals surface area contributed by atoms with E-state index >= 15 is 0 Å². The number of hydrogen-bond donors (Lipinski definition) is 3. The number of halogens is 1. The lowest BCUT2D eigenvalue weighted by Gasteiger charge is -2.59. The molecule has 2 bridgehead atoms. The van der Waals surface area contributed by atoms with E-state index in [-0.39, 0.29) is 34.1 Å². The molecular formula is C16H18ClNO5. The maximum Gasteiger partial charge on any atom is 0.335 e. The Morgan fingerprint density at radius 1 is 1.35 bits per heavy atom. The van der Waals surface area contributed by atoms with Gasteiger partial charge in [-0.2, -0.15) is 0 Å². The van der Waals surface area contributed by atoms with Crippen LogP contribution in [-0.2, 0) is 4.74 Å². The molecule has 0 unspecified atom stereocenters. The van der Waals surface area contributed by atoms with Crippen molar-refractivity contribution in [3.63, 3.8) is 0 Å². The van der Waals surface area contributed by atoms with Gasteiger partial charge in [0.1, 0.15) is 0 Å². The highest BCUT2D eigenvalue weighted by Crippen LogP contribution is 2.55. The molecule has 124 valence electrons. The van der Waals surface area contributed by atoms with Gasteiger partial charge in [0, 0.05) is 25.2 Å². The first-order valence-electron chi connectivity index (χ1n) is 7.45. The molecule has 1 aliphatic carbocycles. The molecule has 3 aliphatic rings. The number of nitrogens with one attached hydrogen (secondary N) is 1. The summed E-state index contributed by atoms with van der Waals surface area (Å²) in [5, 5.41) is 21.3. The number of ether oxygens (including phenoxy) is 1. The quantitative estimate of drug-likeness (QED) is 0.758. The Morgan fingerprint density at radius 2 is 2.09 bits per heavy atom. The minimum absolute atomic E-state index is 0.0347. The van der Waals surface area contributed by atoms with E-state index in [2.05, 4.69) is 5.32 Å². The molecule has 0 radical (unpaired) electrons. The third-order valence-corrected chi connectivity index (χ3v) is 5.11. The maximum absolute atomic E-state index is 12.3. The fraction of sp³-hybridized carbons (Fsp3) is 0.500. The minimum atomic E-state index is -1.09. The van der Waals surface area contributed by atoms with Crippen LogP contribution in [0.2, 0.25) is 5.02 Å². The summed E-state index contributed by atoms with van der Waals surface area (Å²) in [6, 6.07) is 4.01. The van der Waals surface area contributed by atoms with E-state index in [1.807, 2.05) is 0 Å². The fourth-order valence-electron chi connectivity index (χ4n) is 3.61. The highest BCUT2D eigenvalue weighted by atomic mass is 35.5.